The van der Waals surface area contributed by atoms with Gasteiger partial charge in [-0.2, -0.15) is 0 Å². The number of rotatable bonds is 6. The predicted molar refractivity (Wildman–Crippen MR) is 92.2 cm³/mol. The first-order chi connectivity index (χ1) is 12.1. The van der Waals surface area contributed by atoms with E-state index >= 15 is 0 Å². The zero-order valence-electron chi connectivity index (χ0n) is 12.8. The molecule has 9 heteroatoms. The lowest BCUT2D eigenvalue weighted by atomic mass is 10.2. The van der Waals surface area contributed by atoms with Crippen LogP contribution < -0.4 is 5.32 Å². The molecule has 0 atom stereocenters. The van der Waals surface area contributed by atoms with Crippen molar-refractivity contribution in [2.75, 3.05) is 5.32 Å². The number of thiophene rings is 1. The molecule has 1 amide bonds. The molecule has 0 fully saturated rings. The molecule has 0 aliphatic rings. The van der Waals surface area contributed by atoms with Gasteiger partial charge in [0.25, 0.3) is 11.6 Å². The number of hydrogen-bond donors (Lipinski definition) is 1. The lowest BCUT2D eigenvalue weighted by molar-refractivity contribution is -0.384. The first-order valence-corrected chi connectivity index (χ1v) is 8.06. The van der Waals surface area contributed by atoms with Crippen molar-refractivity contribution in [3.8, 4) is 0 Å². The second-order valence-electron chi connectivity index (χ2n) is 4.93. The van der Waals surface area contributed by atoms with E-state index in [1.165, 1.54) is 24.3 Å². The number of aromatic nitrogens is 2. The molecule has 0 unspecified atom stereocenters. The van der Waals surface area contributed by atoms with Gasteiger partial charge in [-0.1, -0.05) is 11.2 Å². The van der Waals surface area contributed by atoms with Crippen LogP contribution in [0.25, 0.3) is 6.08 Å². The summed E-state index contributed by atoms with van der Waals surface area (Å²) in [6.07, 6.45) is 3.32. The van der Waals surface area contributed by atoms with Gasteiger partial charge in [0.15, 0.2) is 0 Å². The maximum Gasteiger partial charge on any atom is 0.322 e. The number of carbonyl (C=O) groups is 1. The average Bonchev–Trinajstić information content (AvgIpc) is 3.26. The van der Waals surface area contributed by atoms with Gasteiger partial charge in [-0.05, 0) is 35.2 Å². The number of amides is 1. The Morgan fingerprint density at radius 2 is 2.08 bits per heavy atom. The van der Waals surface area contributed by atoms with Crippen molar-refractivity contribution in [3.63, 3.8) is 0 Å². The molecule has 0 saturated carbocycles. The van der Waals surface area contributed by atoms with E-state index in [0.29, 0.717) is 17.9 Å². The van der Waals surface area contributed by atoms with Crippen molar-refractivity contribution in [2.24, 2.45) is 0 Å². The Morgan fingerprint density at radius 1 is 1.28 bits per heavy atom. The smallest absolute Gasteiger partial charge is 0.322 e. The summed E-state index contributed by atoms with van der Waals surface area (Å²) in [5, 5.41) is 22.7. The third-order valence-corrected chi connectivity index (χ3v) is 4.01. The van der Waals surface area contributed by atoms with Crippen LogP contribution in [-0.4, -0.2) is 21.0 Å². The Bertz CT molecular complexity index is 901. The van der Waals surface area contributed by atoms with E-state index in [1.54, 1.807) is 23.5 Å². The summed E-state index contributed by atoms with van der Waals surface area (Å²) in [7, 11) is 0. The number of anilines is 1. The fourth-order valence-corrected chi connectivity index (χ4v) is 2.66. The van der Waals surface area contributed by atoms with Crippen molar-refractivity contribution in [3.05, 3.63) is 74.3 Å². The van der Waals surface area contributed by atoms with Crippen LogP contribution in [0.15, 0.2) is 52.3 Å². The van der Waals surface area contributed by atoms with E-state index < -0.39 is 10.8 Å². The molecule has 2 heterocycles. The van der Waals surface area contributed by atoms with Gasteiger partial charge < -0.3 is 4.42 Å². The number of hydrogen-bond acceptors (Lipinski definition) is 7. The lowest BCUT2D eigenvalue weighted by Crippen LogP contribution is -2.07. The SMILES string of the molecule is O=C(C=Cc1ccc([N+](=O)[O-])cc1)Nc1nnc(Cc2cccs2)o1. The van der Waals surface area contributed by atoms with Crippen LogP contribution in [-0.2, 0) is 11.2 Å². The molecule has 126 valence electrons. The van der Waals surface area contributed by atoms with Gasteiger partial charge in [0.2, 0.25) is 5.89 Å². The van der Waals surface area contributed by atoms with Gasteiger partial charge >= 0.3 is 6.01 Å². The molecule has 0 spiro atoms. The van der Waals surface area contributed by atoms with Crippen molar-refractivity contribution >= 4 is 35.0 Å². The third kappa shape index (κ3) is 4.58. The zero-order valence-corrected chi connectivity index (χ0v) is 13.6. The van der Waals surface area contributed by atoms with E-state index in [-0.39, 0.29) is 11.7 Å². The first kappa shape index (κ1) is 16.5. The van der Waals surface area contributed by atoms with Gasteiger partial charge in [0.1, 0.15) is 0 Å². The number of non-ortho nitro benzene ring substituents is 1. The fraction of sp³-hybridized carbons (Fsp3) is 0.0625. The summed E-state index contributed by atoms with van der Waals surface area (Å²) < 4.78 is 5.37. The molecular weight excluding hydrogens is 344 g/mol. The highest BCUT2D eigenvalue weighted by Crippen LogP contribution is 2.16. The maximum atomic E-state index is 11.9. The molecular formula is C16H12N4O4S. The normalized spacial score (nSPS) is 10.9. The van der Waals surface area contributed by atoms with Crippen LogP contribution in [0.2, 0.25) is 0 Å². The number of nitro benzene ring substituents is 1. The molecule has 0 radical (unpaired) electrons. The summed E-state index contributed by atoms with van der Waals surface area (Å²) in [5.74, 6) is -0.0261. The van der Waals surface area contributed by atoms with Crippen LogP contribution >= 0.6 is 11.3 Å². The van der Waals surface area contributed by atoms with E-state index in [0.717, 1.165) is 4.88 Å². The molecule has 3 rings (SSSR count). The minimum Gasteiger partial charge on any atom is -0.407 e. The topological polar surface area (TPSA) is 111 Å². The van der Waals surface area contributed by atoms with Crippen LogP contribution in [0.4, 0.5) is 11.7 Å². The van der Waals surface area contributed by atoms with Crippen molar-refractivity contribution in [1.29, 1.82) is 0 Å². The van der Waals surface area contributed by atoms with Gasteiger partial charge in [0, 0.05) is 23.1 Å². The Morgan fingerprint density at radius 3 is 2.76 bits per heavy atom. The quantitative estimate of drug-likeness (QED) is 0.412. The van der Waals surface area contributed by atoms with Crippen LogP contribution in [0, 0.1) is 10.1 Å². The van der Waals surface area contributed by atoms with E-state index in [9.17, 15) is 14.9 Å². The largest absolute Gasteiger partial charge is 0.407 e. The van der Waals surface area contributed by atoms with Gasteiger partial charge in [-0.25, -0.2) is 0 Å². The van der Waals surface area contributed by atoms with E-state index in [4.69, 9.17) is 4.42 Å². The van der Waals surface area contributed by atoms with Crippen molar-refractivity contribution in [2.45, 2.75) is 6.42 Å². The molecule has 0 aliphatic heterocycles. The minimum absolute atomic E-state index is 0.00858. The lowest BCUT2D eigenvalue weighted by Gasteiger charge is -1.95. The molecule has 0 bridgehead atoms. The highest BCUT2D eigenvalue weighted by atomic mass is 32.1. The fourth-order valence-electron chi connectivity index (χ4n) is 1.96. The second-order valence-corrected chi connectivity index (χ2v) is 5.96. The summed E-state index contributed by atoms with van der Waals surface area (Å²) >= 11 is 1.58. The summed E-state index contributed by atoms with van der Waals surface area (Å²) in [6, 6.07) is 9.74. The van der Waals surface area contributed by atoms with Crippen LogP contribution in [0.3, 0.4) is 0 Å². The maximum absolute atomic E-state index is 11.9. The number of nitrogens with one attached hydrogen (secondary N) is 1. The number of nitrogens with zero attached hydrogens (tertiary/aromatic N) is 3. The second kappa shape index (κ2) is 7.49. The highest BCUT2D eigenvalue weighted by Gasteiger charge is 2.09. The Kier molecular flexibility index (Phi) is 4.95. The average molecular weight is 356 g/mol. The molecule has 1 aromatic carbocycles. The number of nitro groups is 1. The molecule has 8 nitrogen and oxygen atoms in total. The Hall–Kier alpha value is -3.33. The Labute approximate surface area is 146 Å². The molecule has 25 heavy (non-hydrogen) atoms. The molecule has 1 N–H and O–H groups in total. The molecule has 2 aromatic heterocycles. The van der Waals surface area contributed by atoms with Gasteiger partial charge in [-0.3, -0.25) is 20.2 Å². The summed E-state index contributed by atoms with van der Waals surface area (Å²) in [6.45, 7) is 0. The molecule has 0 saturated heterocycles. The first-order valence-electron chi connectivity index (χ1n) is 7.18. The van der Waals surface area contributed by atoms with E-state index in [1.807, 2.05) is 17.5 Å². The summed E-state index contributed by atoms with van der Waals surface area (Å²) in [4.78, 5) is 23.0. The molecule has 0 aliphatic carbocycles. The van der Waals surface area contributed by atoms with Crippen molar-refractivity contribution < 1.29 is 14.1 Å². The minimum atomic E-state index is -0.483. The molecule has 3 aromatic rings. The van der Waals surface area contributed by atoms with Crippen molar-refractivity contribution in [1.82, 2.24) is 10.2 Å². The number of carbonyl (C=O) groups excluding carboxylic acids is 1. The van der Waals surface area contributed by atoms with Gasteiger partial charge in [0.05, 0.1) is 11.3 Å². The van der Waals surface area contributed by atoms with E-state index in [2.05, 4.69) is 15.5 Å². The zero-order chi connectivity index (χ0) is 17.6. The Balaban J connectivity index is 1.57. The highest BCUT2D eigenvalue weighted by molar-refractivity contribution is 7.09. The monoisotopic (exact) mass is 356 g/mol. The summed E-state index contributed by atoms with van der Waals surface area (Å²) in [5.41, 5.74) is 0.649. The standard InChI is InChI=1S/C16H12N4O4S/c21-14(8-5-11-3-6-12(7-4-11)20(22)23)17-16-19-18-15(24-16)10-13-2-1-9-25-13/h1-9H,10H2,(H,17,19,21). The number of benzene rings is 1. The predicted octanol–water partition coefficient (Wildman–Crippen LogP) is 3.28. The van der Waals surface area contributed by atoms with Crippen LogP contribution in [0.5, 0.6) is 0 Å². The van der Waals surface area contributed by atoms with Gasteiger partial charge in [-0.15, -0.1) is 16.4 Å². The third-order valence-electron chi connectivity index (χ3n) is 3.13. The van der Waals surface area contributed by atoms with Crippen LogP contribution in [0.1, 0.15) is 16.3 Å².